The summed E-state index contributed by atoms with van der Waals surface area (Å²) in [5.41, 5.74) is 0.196. The molecule has 0 radical (unpaired) electrons. The molecule has 0 aliphatic rings. The van der Waals surface area contributed by atoms with Crippen LogP contribution in [0.3, 0.4) is 0 Å². The van der Waals surface area contributed by atoms with Crippen molar-refractivity contribution in [2.45, 2.75) is 0 Å². The van der Waals surface area contributed by atoms with Crippen LogP contribution in [0.2, 0.25) is 0 Å². The molecule has 0 aliphatic heterocycles. The summed E-state index contributed by atoms with van der Waals surface area (Å²) in [6.07, 6.45) is 0. The summed E-state index contributed by atoms with van der Waals surface area (Å²) < 4.78 is 0.639. The monoisotopic (exact) mass is 271 g/mol. The normalized spacial score (nSPS) is 9.67. The lowest BCUT2D eigenvalue weighted by Gasteiger charge is -2.04. The molecule has 0 aliphatic carbocycles. The van der Waals surface area contributed by atoms with Crippen LogP contribution in [0.15, 0.2) is 29.3 Å². The van der Waals surface area contributed by atoms with Gasteiger partial charge in [-0.15, -0.1) is 0 Å². The lowest BCUT2D eigenvalue weighted by molar-refractivity contribution is 0.0957. The average Bonchev–Trinajstić information content (AvgIpc) is 2.12. The van der Waals surface area contributed by atoms with Gasteiger partial charge in [-0.2, -0.15) is 0 Å². The fourth-order valence-electron chi connectivity index (χ4n) is 1.00. The van der Waals surface area contributed by atoms with E-state index in [1.165, 1.54) is 12.1 Å². The highest BCUT2D eigenvalue weighted by atomic mass is 79.9. The molecule has 0 saturated carbocycles. The zero-order chi connectivity index (χ0) is 11.4. The number of nitrogens with one attached hydrogen (secondary N) is 1. The van der Waals surface area contributed by atoms with Crippen LogP contribution in [0.25, 0.3) is 0 Å². The van der Waals surface area contributed by atoms with E-state index in [0.717, 1.165) is 6.07 Å². The Morgan fingerprint density at radius 3 is 2.33 bits per heavy atom. The molecule has 80 valence electrons. The minimum Gasteiger partial charge on any atom is -0.508 e. The third kappa shape index (κ3) is 3.63. The molecule has 0 fully saturated rings. The molecule has 1 rings (SSSR count). The van der Waals surface area contributed by atoms with E-state index >= 15 is 0 Å². The first-order chi connectivity index (χ1) is 6.99. The lowest BCUT2D eigenvalue weighted by Crippen LogP contribution is -2.24. The number of phenolic OH excluding ortho intramolecular Hbond substituents is 2. The van der Waals surface area contributed by atoms with Crippen molar-refractivity contribution in [2.75, 3.05) is 6.54 Å². The van der Waals surface area contributed by atoms with Crippen LogP contribution < -0.4 is 5.32 Å². The van der Waals surface area contributed by atoms with Gasteiger partial charge in [0.25, 0.3) is 5.91 Å². The maximum absolute atomic E-state index is 11.5. The number of rotatable bonds is 3. The van der Waals surface area contributed by atoms with Crippen molar-refractivity contribution in [3.63, 3.8) is 0 Å². The van der Waals surface area contributed by atoms with Gasteiger partial charge in [0.2, 0.25) is 0 Å². The van der Waals surface area contributed by atoms with Gasteiger partial charge in [-0.25, -0.2) is 0 Å². The first kappa shape index (κ1) is 11.6. The van der Waals surface area contributed by atoms with E-state index in [0.29, 0.717) is 4.48 Å². The van der Waals surface area contributed by atoms with E-state index in [1.807, 2.05) is 0 Å². The van der Waals surface area contributed by atoms with E-state index in [9.17, 15) is 4.79 Å². The first-order valence-corrected chi connectivity index (χ1v) is 4.93. The Bertz CT molecular complexity index is 383. The molecule has 0 unspecified atom stereocenters. The van der Waals surface area contributed by atoms with Crippen molar-refractivity contribution in [3.8, 4) is 11.5 Å². The second kappa shape index (κ2) is 4.84. The zero-order valence-electron chi connectivity index (χ0n) is 7.83. The number of carbonyl (C=O) groups excluding carboxylic acids is 1. The van der Waals surface area contributed by atoms with Crippen LogP contribution >= 0.6 is 15.9 Å². The Kier molecular flexibility index (Phi) is 3.74. The quantitative estimate of drug-likeness (QED) is 0.784. The van der Waals surface area contributed by atoms with Gasteiger partial charge in [-0.1, -0.05) is 22.5 Å². The summed E-state index contributed by atoms with van der Waals surface area (Å²) in [5.74, 6) is -0.697. The van der Waals surface area contributed by atoms with Gasteiger partial charge < -0.3 is 15.5 Å². The largest absolute Gasteiger partial charge is 0.508 e. The highest BCUT2D eigenvalue weighted by Crippen LogP contribution is 2.20. The molecular weight excluding hydrogens is 262 g/mol. The summed E-state index contributed by atoms with van der Waals surface area (Å²) in [4.78, 5) is 11.5. The Morgan fingerprint density at radius 2 is 1.87 bits per heavy atom. The molecule has 1 aromatic rings. The number of aromatic hydroxyl groups is 2. The molecule has 0 atom stereocenters. The Labute approximate surface area is 95.4 Å². The lowest BCUT2D eigenvalue weighted by atomic mass is 10.2. The third-order valence-electron chi connectivity index (χ3n) is 1.61. The van der Waals surface area contributed by atoms with Crippen molar-refractivity contribution >= 4 is 21.8 Å². The van der Waals surface area contributed by atoms with Crippen LogP contribution in [0, 0.1) is 0 Å². The number of halogens is 1. The fraction of sp³-hybridized carbons (Fsp3) is 0.100. The smallest absolute Gasteiger partial charge is 0.251 e. The second-order valence-corrected chi connectivity index (χ2v) is 4.06. The molecule has 0 saturated heterocycles. The highest BCUT2D eigenvalue weighted by molar-refractivity contribution is 9.11. The molecule has 5 heteroatoms. The summed E-state index contributed by atoms with van der Waals surface area (Å²) in [6.45, 7) is 3.85. The van der Waals surface area contributed by atoms with Crippen molar-refractivity contribution < 1.29 is 15.0 Å². The van der Waals surface area contributed by atoms with Crippen molar-refractivity contribution in [3.05, 3.63) is 34.8 Å². The van der Waals surface area contributed by atoms with Crippen LogP contribution in [0.5, 0.6) is 11.5 Å². The molecule has 0 spiro atoms. The maximum atomic E-state index is 11.5. The van der Waals surface area contributed by atoms with Crippen molar-refractivity contribution in [1.29, 1.82) is 0 Å². The van der Waals surface area contributed by atoms with Gasteiger partial charge in [0.15, 0.2) is 0 Å². The van der Waals surface area contributed by atoms with Gasteiger partial charge in [-0.05, 0) is 12.1 Å². The Morgan fingerprint density at radius 1 is 1.33 bits per heavy atom. The second-order valence-electron chi connectivity index (χ2n) is 2.94. The van der Waals surface area contributed by atoms with E-state index in [1.54, 1.807) is 0 Å². The number of carbonyl (C=O) groups is 1. The molecule has 0 aromatic heterocycles. The van der Waals surface area contributed by atoms with E-state index < -0.39 is 0 Å². The van der Waals surface area contributed by atoms with E-state index in [-0.39, 0.29) is 29.5 Å². The number of amides is 1. The van der Waals surface area contributed by atoms with Gasteiger partial charge >= 0.3 is 0 Å². The molecule has 1 aromatic carbocycles. The minimum atomic E-state index is -0.387. The van der Waals surface area contributed by atoms with Gasteiger partial charge in [0, 0.05) is 22.7 Å². The number of phenols is 2. The predicted molar refractivity (Wildman–Crippen MR) is 60.2 cm³/mol. The summed E-state index contributed by atoms with van der Waals surface area (Å²) in [6, 6.07) is 3.69. The summed E-state index contributed by atoms with van der Waals surface area (Å²) in [7, 11) is 0. The third-order valence-corrected chi connectivity index (χ3v) is 1.89. The van der Waals surface area contributed by atoms with Crippen LogP contribution in [0.1, 0.15) is 10.4 Å². The first-order valence-electron chi connectivity index (χ1n) is 4.13. The zero-order valence-corrected chi connectivity index (χ0v) is 9.41. The Balaban J connectivity index is 2.77. The van der Waals surface area contributed by atoms with Crippen LogP contribution in [-0.4, -0.2) is 22.7 Å². The summed E-state index contributed by atoms with van der Waals surface area (Å²) >= 11 is 3.10. The topological polar surface area (TPSA) is 69.6 Å². The van der Waals surface area contributed by atoms with E-state index in [4.69, 9.17) is 10.2 Å². The van der Waals surface area contributed by atoms with Gasteiger partial charge in [0.05, 0.1) is 0 Å². The number of benzene rings is 1. The fourth-order valence-corrected chi connectivity index (χ4v) is 1.14. The Hall–Kier alpha value is -1.49. The molecule has 3 N–H and O–H groups in total. The van der Waals surface area contributed by atoms with Crippen molar-refractivity contribution in [1.82, 2.24) is 5.32 Å². The standard InChI is InChI=1S/C10H10BrNO3/c1-6(11)5-12-10(15)7-2-8(13)4-9(14)3-7/h2-4,13-14H,1,5H2,(H,12,15). The van der Waals surface area contributed by atoms with Crippen molar-refractivity contribution in [2.24, 2.45) is 0 Å². The van der Waals surface area contributed by atoms with Gasteiger partial charge in [-0.3, -0.25) is 4.79 Å². The molecular formula is C10H10BrNO3. The molecule has 4 nitrogen and oxygen atoms in total. The summed E-state index contributed by atoms with van der Waals surface area (Å²) in [5, 5.41) is 20.9. The average molecular weight is 272 g/mol. The number of hydrogen-bond acceptors (Lipinski definition) is 3. The van der Waals surface area contributed by atoms with Crippen LogP contribution in [-0.2, 0) is 0 Å². The molecule has 1 amide bonds. The van der Waals surface area contributed by atoms with E-state index in [2.05, 4.69) is 27.8 Å². The van der Waals surface area contributed by atoms with Crippen LogP contribution in [0.4, 0.5) is 0 Å². The highest BCUT2D eigenvalue weighted by Gasteiger charge is 2.07. The van der Waals surface area contributed by atoms with Gasteiger partial charge in [0.1, 0.15) is 11.5 Å². The minimum absolute atomic E-state index is 0.155. The molecule has 0 heterocycles. The molecule has 0 bridgehead atoms. The maximum Gasteiger partial charge on any atom is 0.251 e. The number of hydrogen-bond donors (Lipinski definition) is 3. The predicted octanol–water partition coefficient (Wildman–Crippen LogP) is 1.74. The molecule has 15 heavy (non-hydrogen) atoms. The SMILES string of the molecule is C=C(Br)CNC(=O)c1cc(O)cc(O)c1.